The van der Waals surface area contributed by atoms with E-state index in [0.29, 0.717) is 11.5 Å². The van der Waals surface area contributed by atoms with Crippen molar-refractivity contribution in [3.8, 4) is 0 Å². The molecule has 1 saturated carbocycles. The maximum atomic E-state index is 3.82. The molecule has 0 radical (unpaired) electrons. The summed E-state index contributed by atoms with van der Waals surface area (Å²) in [5.41, 5.74) is 0.466. The monoisotopic (exact) mass is 280 g/mol. The van der Waals surface area contributed by atoms with Gasteiger partial charge in [0.1, 0.15) is 0 Å². The summed E-state index contributed by atoms with van der Waals surface area (Å²) in [6, 6.07) is 1.50. The van der Waals surface area contributed by atoms with E-state index in [4.69, 9.17) is 0 Å². The number of nitrogens with zero attached hydrogens (tertiary/aromatic N) is 1. The molecule has 20 heavy (non-hydrogen) atoms. The Hall–Kier alpha value is -0.0800. The maximum absolute atomic E-state index is 3.82. The fraction of sp³-hybridized carbons (Fsp3) is 1.00. The molecule has 2 rings (SSSR count). The van der Waals surface area contributed by atoms with Crippen LogP contribution in [0.25, 0.3) is 0 Å². The average molecular weight is 280 g/mol. The van der Waals surface area contributed by atoms with Crippen molar-refractivity contribution in [1.82, 2.24) is 10.2 Å². The highest BCUT2D eigenvalue weighted by Crippen LogP contribution is 2.39. The summed E-state index contributed by atoms with van der Waals surface area (Å²) >= 11 is 0. The van der Waals surface area contributed by atoms with E-state index in [1.165, 1.54) is 58.0 Å². The SMILES string of the molecule is CCNC1C(CN2CCCCCC2C)CCCC1(C)C. The first-order chi connectivity index (χ1) is 9.54. The van der Waals surface area contributed by atoms with E-state index >= 15 is 0 Å². The van der Waals surface area contributed by atoms with Crippen molar-refractivity contribution in [1.29, 1.82) is 0 Å². The summed E-state index contributed by atoms with van der Waals surface area (Å²) in [7, 11) is 0. The van der Waals surface area contributed by atoms with Crippen molar-refractivity contribution in [2.75, 3.05) is 19.6 Å². The Bertz CT molecular complexity index is 287. The molecule has 0 aromatic heterocycles. The summed E-state index contributed by atoms with van der Waals surface area (Å²) in [4.78, 5) is 2.80. The molecule has 0 aromatic carbocycles. The second-order valence-corrected chi connectivity index (χ2v) is 7.87. The predicted octanol–water partition coefficient (Wildman–Crippen LogP) is 4.06. The molecule has 1 N–H and O–H groups in total. The third-order valence-electron chi connectivity index (χ3n) is 5.79. The van der Waals surface area contributed by atoms with E-state index in [-0.39, 0.29) is 0 Å². The van der Waals surface area contributed by atoms with E-state index in [0.717, 1.165) is 18.5 Å². The molecule has 0 aromatic rings. The van der Waals surface area contributed by atoms with Gasteiger partial charge in [0.25, 0.3) is 0 Å². The zero-order valence-corrected chi connectivity index (χ0v) is 14.3. The van der Waals surface area contributed by atoms with Crippen LogP contribution >= 0.6 is 0 Å². The van der Waals surface area contributed by atoms with Gasteiger partial charge in [-0.25, -0.2) is 0 Å². The molecule has 2 aliphatic rings. The predicted molar refractivity (Wildman–Crippen MR) is 88.1 cm³/mol. The lowest BCUT2D eigenvalue weighted by molar-refractivity contribution is 0.0687. The molecule has 3 atom stereocenters. The van der Waals surface area contributed by atoms with E-state index in [9.17, 15) is 0 Å². The minimum Gasteiger partial charge on any atom is -0.313 e. The maximum Gasteiger partial charge on any atom is 0.0159 e. The lowest BCUT2D eigenvalue weighted by atomic mass is 9.67. The van der Waals surface area contributed by atoms with E-state index in [2.05, 4.69) is 37.9 Å². The van der Waals surface area contributed by atoms with Crippen molar-refractivity contribution >= 4 is 0 Å². The van der Waals surface area contributed by atoms with Crippen molar-refractivity contribution in [3.05, 3.63) is 0 Å². The van der Waals surface area contributed by atoms with Crippen LogP contribution in [0.1, 0.15) is 72.6 Å². The second-order valence-electron chi connectivity index (χ2n) is 7.87. The number of hydrogen-bond donors (Lipinski definition) is 1. The third-order valence-corrected chi connectivity index (χ3v) is 5.79. The van der Waals surface area contributed by atoms with Gasteiger partial charge in [0, 0.05) is 18.6 Å². The molecule has 2 fully saturated rings. The smallest absolute Gasteiger partial charge is 0.0159 e. The molecule has 0 spiro atoms. The van der Waals surface area contributed by atoms with E-state index in [1.807, 2.05) is 0 Å². The van der Waals surface area contributed by atoms with Crippen molar-refractivity contribution in [2.45, 2.75) is 84.7 Å². The van der Waals surface area contributed by atoms with Gasteiger partial charge in [-0.3, -0.25) is 0 Å². The van der Waals surface area contributed by atoms with Crippen LogP contribution in [-0.2, 0) is 0 Å². The summed E-state index contributed by atoms with van der Waals surface area (Å²) < 4.78 is 0. The molecule has 2 heteroatoms. The Morgan fingerprint density at radius 1 is 1.10 bits per heavy atom. The summed E-state index contributed by atoms with van der Waals surface area (Å²) in [5.74, 6) is 0.847. The van der Waals surface area contributed by atoms with Crippen molar-refractivity contribution < 1.29 is 0 Å². The molecule has 1 aliphatic heterocycles. The van der Waals surface area contributed by atoms with E-state index < -0.39 is 0 Å². The van der Waals surface area contributed by atoms with Crippen LogP contribution in [0, 0.1) is 11.3 Å². The fourth-order valence-corrected chi connectivity index (χ4v) is 4.55. The van der Waals surface area contributed by atoms with Crippen LogP contribution in [0.15, 0.2) is 0 Å². The minimum atomic E-state index is 0.466. The van der Waals surface area contributed by atoms with Crippen LogP contribution in [0.5, 0.6) is 0 Å². The van der Waals surface area contributed by atoms with E-state index in [1.54, 1.807) is 0 Å². The van der Waals surface area contributed by atoms with Gasteiger partial charge in [-0.05, 0) is 57.0 Å². The topological polar surface area (TPSA) is 15.3 Å². The van der Waals surface area contributed by atoms with Crippen LogP contribution in [0.3, 0.4) is 0 Å². The quantitative estimate of drug-likeness (QED) is 0.835. The third kappa shape index (κ3) is 3.98. The van der Waals surface area contributed by atoms with Gasteiger partial charge >= 0.3 is 0 Å². The van der Waals surface area contributed by atoms with Gasteiger partial charge in [-0.2, -0.15) is 0 Å². The van der Waals surface area contributed by atoms with Crippen molar-refractivity contribution in [3.63, 3.8) is 0 Å². The molecule has 1 heterocycles. The summed E-state index contributed by atoms with van der Waals surface area (Å²) in [6.07, 6.45) is 9.91. The number of hydrogen-bond acceptors (Lipinski definition) is 2. The lowest BCUT2D eigenvalue weighted by Gasteiger charge is -2.46. The van der Waals surface area contributed by atoms with Crippen molar-refractivity contribution in [2.24, 2.45) is 11.3 Å². The van der Waals surface area contributed by atoms with Gasteiger partial charge in [-0.15, -0.1) is 0 Å². The number of rotatable bonds is 4. The normalized spacial score (nSPS) is 35.7. The minimum absolute atomic E-state index is 0.466. The van der Waals surface area contributed by atoms with Crippen LogP contribution in [0.2, 0.25) is 0 Å². The van der Waals surface area contributed by atoms with Gasteiger partial charge in [-0.1, -0.05) is 40.0 Å². The number of nitrogens with one attached hydrogen (secondary N) is 1. The molecule has 0 bridgehead atoms. The Morgan fingerprint density at radius 3 is 2.65 bits per heavy atom. The van der Waals surface area contributed by atoms with Crippen LogP contribution in [0.4, 0.5) is 0 Å². The molecule has 2 nitrogen and oxygen atoms in total. The van der Waals surface area contributed by atoms with Gasteiger partial charge in [0.2, 0.25) is 0 Å². The highest BCUT2D eigenvalue weighted by atomic mass is 15.2. The Kier molecular flexibility index (Phi) is 5.92. The van der Waals surface area contributed by atoms with Crippen LogP contribution in [-0.4, -0.2) is 36.6 Å². The fourth-order valence-electron chi connectivity index (χ4n) is 4.55. The van der Waals surface area contributed by atoms with Gasteiger partial charge in [0.05, 0.1) is 0 Å². The summed E-state index contributed by atoms with van der Waals surface area (Å²) in [5, 5.41) is 3.82. The molecule has 1 saturated heterocycles. The number of likely N-dealkylation sites (tertiary alicyclic amines) is 1. The molecular weight excluding hydrogens is 244 g/mol. The highest BCUT2D eigenvalue weighted by molar-refractivity contribution is 4.94. The van der Waals surface area contributed by atoms with Gasteiger partial charge < -0.3 is 10.2 Å². The average Bonchev–Trinajstić information content (AvgIpc) is 2.59. The molecule has 1 aliphatic carbocycles. The zero-order valence-electron chi connectivity index (χ0n) is 14.3. The molecule has 3 unspecified atom stereocenters. The Morgan fingerprint density at radius 2 is 1.90 bits per heavy atom. The lowest BCUT2D eigenvalue weighted by Crippen LogP contribution is -2.53. The summed E-state index contributed by atoms with van der Waals surface area (Å²) in [6.45, 7) is 13.4. The zero-order chi connectivity index (χ0) is 14.6. The standard InChI is InChI=1S/C18H36N2/c1-5-19-17-16(11-9-12-18(17,3)4)14-20-13-8-6-7-10-15(20)2/h15-17,19H,5-14H2,1-4H3. The first-order valence-corrected chi connectivity index (χ1v) is 9.02. The second kappa shape index (κ2) is 7.26. The molecule has 0 amide bonds. The molecule has 118 valence electrons. The Balaban J connectivity index is 2.01. The first kappa shape index (κ1) is 16.3. The highest BCUT2D eigenvalue weighted by Gasteiger charge is 2.39. The van der Waals surface area contributed by atoms with Crippen LogP contribution < -0.4 is 5.32 Å². The van der Waals surface area contributed by atoms with Gasteiger partial charge in [0.15, 0.2) is 0 Å². The Labute approximate surface area is 126 Å². The largest absolute Gasteiger partial charge is 0.313 e. The first-order valence-electron chi connectivity index (χ1n) is 9.02. The molecular formula is C18H36N2.